The van der Waals surface area contributed by atoms with E-state index in [0.717, 1.165) is 5.52 Å². The van der Waals surface area contributed by atoms with Crippen molar-refractivity contribution in [3.8, 4) is 11.5 Å². The molecule has 10 heteroatoms. The fourth-order valence-electron chi connectivity index (χ4n) is 3.61. The van der Waals surface area contributed by atoms with Crippen LogP contribution in [0.4, 0.5) is 0 Å². The van der Waals surface area contributed by atoms with Crippen molar-refractivity contribution in [2.24, 2.45) is 0 Å². The van der Waals surface area contributed by atoms with Crippen LogP contribution in [0, 0.1) is 0 Å². The number of hydrogen-bond donors (Lipinski definition) is 1. The van der Waals surface area contributed by atoms with Gasteiger partial charge in [0.1, 0.15) is 23.1 Å². The SMILES string of the molecule is COCC(C)n1c(=O)c2c(-c3noc(C4(O)CC4)n3)ncn2c2ccc(Cl)cc21. The quantitative estimate of drug-likeness (QED) is 0.533. The van der Waals surface area contributed by atoms with Gasteiger partial charge in [0.2, 0.25) is 5.82 Å². The maximum Gasteiger partial charge on any atom is 0.278 e. The summed E-state index contributed by atoms with van der Waals surface area (Å²) in [5.74, 6) is 0.313. The second-order valence-corrected chi connectivity index (χ2v) is 7.82. The molecule has 0 aliphatic heterocycles. The molecule has 1 N–H and O–H groups in total. The zero-order chi connectivity index (χ0) is 20.3. The van der Waals surface area contributed by atoms with Crippen LogP contribution in [0.25, 0.3) is 28.1 Å². The number of fused-ring (bicyclic) bond motifs is 3. The van der Waals surface area contributed by atoms with Gasteiger partial charge in [0.05, 0.1) is 23.7 Å². The summed E-state index contributed by atoms with van der Waals surface area (Å²) in [6.07, 6.45) is 2.70. The molecule has 1 aliphatic rings. The van der Waals surface area contributed by atoms with Crippen LogP contribution in [0.2, 0.25) is 5.02 Å². The lowest BCUT2D eigenvalue weighted by atomic mass is 10.2. The van der Waals surface area contributed by atoms with Crippen LogP contribution in [0.15, 0.2) is 33.8 Å². The van der Waals surface area contributed by atoms with Crippen LogP contribution in [0.3, 0.4) is 0 Å². The van der Waals surface area contributed by atoms with Crippen LogP contribution in [-0.2, 0) is 10.3 Å². The van der Waals surface area contributed by atoms with E-state index in [1.54, 1.807) is 34.5 Å². The van der Waals surface area contributed by atoms with Crippen molar-refractivity contribution in [1.29, 1.82) is 0 Å². The van der Waals surface area contributed by atoms with Gasteiger partial charge in [-0.1, -0.05) is 16.8 Å². The van der Waals surface area contributed by atoms with Gasteiger partial charge in [-0.3, -0.25) is 13.8 Å². The number of nitrogens with zero attached hydrogens (tertiary/aromatic N) is 5. The number of halogens is 1. The summed E-state index contributed by atoms with van der Waals surface area (Å²) in [5, 5.41) is 14.7. The highest BCUT2D eigenvalue weighted by atomic mass is 35.5. The molecule has 1 unspecified atom stereocenters. The van der Waals surface area contributed by atoms with Gasteiger partial charge in [0, 0.05) is 12.1 Å². The van der Waals surface area contributed by atoms with E-state index in [0.29, 0.717) is 41.2 Å². The Hall–Kier alpha value is -2.75. The van der Waals surface area contributed by atoms with Crippen molar-refractivity contribution in [2.45, 2.75) is 31.4 Å². The van der Waals surface area contributed by atoms with Crippen molar-refractivity contribution in [3.63, 3.8) is 0 Å². The smallest absolute Gasteiger partial charge is 0.278 e. The highest BCUT2D eigenvalue weighted by molar-refractivity contribution is 6.31. The number of aliphatic hydroxyl groups is 1. The molecule has 0 saturated heterocycles. The Morgan fingerprint density at radius 2 is 2.17 bits per heavy atom. The third-order valence-corrected chi connectivity index (χ3v) is 5.49. The zero-order valence-corrected chi connectivity index (χ0v) is 16.5. The minimum Gasteiger partial charge on any atom is -0.383 e. The topological polar surface area (TPSA) is 108 Å². The molecule has 1 aromatic carbocycles. The Balaban J connectivity index is 1.80. The normalized spacial score (nSPS) is 16.6. The number of hydrogen-bond acceptors (Lipinski definition) is 7. The first-order valence-electron chi connectivity index (χ1n) is 9.19. The van der Waals surface area contributed by atoms with E-state index in [1.165, 1.54) is 0 Å². The molecule has 0 radical (unpaired) electrons. The minimum atomic E-state index is -1.06. The standard InChI is InChI=1S/C19H18ClN5O4/c1-10(8-28-2)25-13-7-11(20)3-4-12(13)24-9-21-14(15(24)17(25)26)16-22-18(29-23-16)19(27)5-6-19/h3-4,7,9-10,27H,5-6,8H2,1-2H3. The summed E-state index contributed by atoms with van der Waals surface area (Å²) in [5.41, 5.74) is 0.716. The molecule has 0 bridgehead atoms. The van der Waals surface area contributed by atoms with Crippen LogP contribution < -0.4 is 5.56 Å². The lowest BCUT2D eigenvalue weighted by molar-refractivity contribution is 0.108. The highest BCUT2D eigenvalue weighted by Gasteiger charge is 2.48. The van der Waals surface area contributed by atoms with Crippen molar-refractivity contribution < 1.29 is 14.4 Å². The third kappa shape index (κ3) is 2.77. The summed E-state index contributed by atoms with van der Waals surface area (Å²) in [4.78, 5) is 22.2. The highest BCUT2D eigenvalue weighted by Crippen LogP contribution is 2.44. The van der Waals surface area contributed by atoms with Crippen molar-refractivity contribution in [1.82, 2.24) is 24.1 Å². The molecule has 1 fully saturated rings. The molecule has 3 heterocycles. The minimum absolute atomic E-state index is 0.147. The number of rotatable bonds is 5. The predicted octanol–water partition coefficient (Wildman–Crippen LogP) is 2.54. The number of ether oxygens (including phenoxy) is 1. The van der Waals surface area contributed by atoms with E-state index < -0.39 is 5.60 Å². The Labute approximate surface area is 169 Å². The molecule has 9 nitrogen and oxygen atoms in total. The van der Waals surface area contributed by atoms with Gasteiger partial charge in [-0.25, -0.2) is 4.98 Å². The van der Waals surface area contributed by atoms with Gasteiger partial charge in [-0.15, -0.1) is 0 Å². The average molecular weight is 416 g/mol. The van der Waals surface area contributed by atoms with E-state index in [2.05, 4.69) is 15.1 Å². The summed E-state index contributed by atoms with van der Waals surface area (Å²) in [7, 11) is 1.59. The molecule has 1 aliphatic carbocycles. The monoisotopic (exact) mass is 415 g/mol. The molecule has 1 atom stereocenters. The van der Waals surface area contributed by atoms with Gasteiger partial charge in [0.15, 0.2) is 0 Å². The summed E-state index contributed by atoms with van der Waals surface area (Å²) in [6.45, 7) is 2.24. The number of imidazole rings is 1. The Morgan fingerprint density at radius 1 is 1.38 bits per heavy atom. The zero-order valence-electron chi connectivity index (χ0n) is 15.8. The lowest BCUT2D eigenvalue weighted by Crippen LogP contribution is -2.28. The Kier molecular flexibility index (Phi) is 4.02. The lowest BCUT2D eigenvalue weighted by Gasteiger charge is -2.18. The molecular weight excluding hydrogens is 398 g/mol. The number of aromatic nitrogens is 5. The molecule has 29 heavy (non-hydrogen) atoms. The predicted molar refractivity (Wildman–Crippen MR) is 105 cm³/mol. The van der Waals surface area contributed by atoms with Gasteiger partial charge in [0.25, 0.3) is 11.4 Å². The molecule has 150 valence electrons. The number of benzene rings is 1. The van der Waals surface area contributed by atoms with E-state index in [9.17, 15) is 9.90 Å². The van der Waals surface area contributed by atoms with Crippen LogP contribution in [0.5, 0.6) is 0 Å². The van der Waals surface area contributed by atoms with Crippen molar-refractivity contribution in [3.05, 3.63) is 45.8 Å². The molecule has 4 aromatic rings. The summed E-state index contributed by atoms with van der Waals surface area (Å²) in [6, 6.07) is 5.10. The molecule has 5 rings (SSSR count). The number of methoxy groups -OCH3 is 1. The van der Waals surface area contributed by atoms with E-state index >= 15 is 0 Å². The van der Waals surface area contributed by atoms with Gasteiger partial charge in [-0.2, -0.15) is 4.98 Å². The maximum atomic E-state index is 13.5. The van der Waals surface area contributed by atoms with Crippen molar-refractivity contribution >= 4 is 28.2 Å². The third-order valence-electron chi connectivity index (χ3n) is 5.25. The molecule has 1 saturated carbocycles. The average Bonchev–Trinajstić information content (AvgIpc) is 3.10. The first kappa shape index (κ1) is 18.3. The maximum absolute atomic E-state index is 13.5. The molecule has 0 spiro atoms. The second kappa shape index (κ2) is 6.38. The Morgan fingerprint density at radius 3 is 2.90 bits per heavy atom. The summed E-state index contributed by atoms with van der Waals surface area (Å²) >= 11 is 6.20. The van der Waals surface area contributed by atoms with Crippen molar-refractivity contribution in [2.75, 3.05) is 13.7 Å². The fraction of sp³-hybridized carbons (Fsp3) is 0.368. The van der Waals surface area contributed by atoms with Crippen LogP contribution in [0.1, 0.15) is 31.7 Å². The van der Waals surface area contributed by atoms with Gasteiger partial charge >= 0.3 is 0 Å². The van der Waals surface area contributed by atoms with Gasteiger partial charge < -0.3 is 14.4 Å². The fourth-order valence-corrected chi connectivity index (χ4v) is 3.78. The molecule has 3 aromatic heterocycles. The summed E-state index contributed by atoms with van der Waals surface area (Å²) < 4.78 is 13.8. The van der Waals surface area contributed by atoms with E-state index in [1.807, 2.05) is 13.0 Å². The first-order valence-corrected chi connectivity index (χ1v) is 9.57. The first-order chi connectivity index (χ1) is 13.9. The second-order valence-electron chi connectivity index (χ2n) is 7.38. The largest absolute Gasteiger partial charge is 0.383 e. The van der Waals surface area contributed by atoms with E-state index in [4.69, 9.17) is 20.9 Å². The molecular formula is C19H18ClN5O4. The van der Waals surface area contributed by atoms with E-state index in [-0.39, 0.29) is 23.3 Å². The van der Waals surface area contributed by atoms with Crippen LogP contribution >= 0.6 is 11.6 Å². The van der Waals surface area contributed by atoms with Gasteiger partial charge in [-0.05, 0) is 38.0 Å². The molecule has 0 amide bonds. The Bertz CT molecular complexity index is 1300. The van der Waals surface area contributed by atoms with Crippen LogP contribution in [-0.4, -0.2) is 42.9 Å².